The SMILES string of the molecule is CCc1ccc(NC(=O)C2CCN(C(=O)C(F)(F)F)CC2)cc1. The van der Waals surface area contributed by atoms with Crippen LogP contribution in [0.25, 0.3) is 0 Å². The van der Waals surface area contributed by atoms with E-state index in [-0.39, 0.29) is 37.8 Å². The predicted molar refractivity (Wildman–Crippen MR) is 79.8 cm³/mol. The van der Waals surface area contributed by atoms with Gasteiger partial charge in [-0.2, -0.15) is 13.2 Å². The molecule has 1 heterocycles. The number of hydrogen-bond donors (Lipinski definition) is 1. The van der Waals surface area contributed by atoms with Gasteiger partial charge >= 0.3 is 12.1 Å². The quantitative estimate of drug-likeness (QED) is 0.927. The fourth-order valence-corrected chi connectivity index (χ4v) is 2.59. The molecule has 0 radical (unpaired) electrons. The van der Waals surface area contributed by atoms with Gasteiger partial charge in [0.05, 0.1) is 0 Å². The molecule has 0 aliphatic carbocycles. The summed E-state index contributed by atoms with van der Waals surface area (Å²) in [5.74, 6) is -2.42. The van der Waals surface area contributed by atoms with E-state index in [0.717, 1.165) is 16.9 Å². The van der Waals surface area contributed by atoms with Gasteiger partial charge in [-0.25, -0.2) is 0 Å². The minimum atomic E-state index is -4.85. The van der Waals surface area contributed by atoms with Crippen molar-refractivity contribution in [2.45, 2.75) is 32.4 Å². The Morgan fingerprint density at radius 1 is 1.17 bits per heavy atom. The van der Waals surface area contributed by atoms with Gasteiger partial charge in [-0.1, -0.05) is 19.1 Å². The van der Waals surface area contributed by atoms with E-state index >= 15 is 0 Å². The summed E-state index contributed by atoms with van der Waals surface area (Å²) in [6, 6.07) is 7.44. The van der Waals surface area contributed by atoms with Crippen molar-refractivity contribution in [3.8, 4) is 0 Å². The third-order valence-corrected chi connectivity index (χ3v) is 4.03. The maximum atomic E-state index is 12.4. The number of nitrogens with zero attached hydrogens (tertiary/aromatic N) is 1. The molecule has 0 atom stereocenters. The molecule has 0 aromatic heterocycles. The number of likely N-dealkylation sites (tertiary alicyclic amines) is 1. The molecular formula is C16H19F3N2O2. The van der Waals surface area contributed by atoms with Crippen molar-refractivity contribution < 1.29 is 22.8 Å². The number of carbonyl (C=O) groups is 2. The molecule has 1 saturated heterocycles. The molecular weight excluding hydrogens is 309 g/mol. The highest BCUT2D eigenvalue weighted by molar-refractivity contribution is 5.92. The van der Waals surface area contributed by atoms with Crippen LogP contribution in [0.1, 0.15) is 25.3 Å². The van der Waals surface area contributed by atoms with Gasteiger partial charge in [0.25, 0.3) is 0 Å². The molecule has 0 unspecified atom stereocenters. The number of carbonyl (C=O) groups excluding carboxylic acids is 2. The summed E-state index contributed by atoms with van der Waals surface area (Å²) in [5.41, 5.74) is 1.82. The van der Waals surface area contributed by atoms with Crippen LogP contribution in [-0.4, -0.2) is 36.0 Å². The van der Waals surface area contributed by atoms with Crippen LogP contribution in [0.4, 0.5) is 18.9 Å². The zero-order chi connectivity index (χ0) is 17.0. The molecule has 23 heavy (non-hydrogen) atoms. The second-order valence-electron chi connectivity index (χ2n) is 5.60. The molecule has 126 valence electrons. The summed E-state index contributed by atoms with van der Waals surface area (Å²) >= 11 is 0. The number of aryl methyl sites for hydroxylation is 1. The van der Waals surface area contributed by atoms with Gasteiger partial charge in [-0.3, -0.25) is 9.59 Å². The van der Waals surface area contributed by atoms with Gasteiger partial charge in [0, 0.05) is 24.7 Å². The molecule has 0 bridgehead atoms. The first-order valence-corrected chi connectivity index (χ1v) is 7.57. The first kappa shape index (κ1) is 17.3. The number of hydrogen-bond acceptors (Lipinski definition) is 2. The maximum absolute atomic E-state index is 12.4. The normalized spacial score (nSPS) is 16.3. The molecule has 1 aliphatic heterocycles. The summed E-state index contributed by atoms with van der Waals surface area (Å²) in [5, 5.41) is 2.77. The highest BCUT2D eigenvalue weighted by atomic mass is 19.4. The predicted octanol–water partition coefficient (Wildman–Crippen LogP) is 2.99. The van der Waals surface area contributed by atoms with E-state index in [4.69, 9.17) is 0 Å². The van der Waals surface area contributed by atoms with Crippen molar-refractivity contribution in [1.29, 1.82) is 0 Å². The second-order valence-corrected chi connectivity index (χ2v) is 5.60. The number of alkyl halides is 3. The molecule has 1 N–H and O–H groups in total. The fourth-order valence-electron chi connectivity index (χ4n) is 2.59. The lowest BCUT2D eigenvalue weighted by Gasteiger charge is -2.31. The van der Waals surface area contributed by atoms with Crippen LogP contribution in [0.15, 0.2) is 24.3 Å². The number of rotatable bonds is 3. The number of piperidine rings is 1. The Labute approximate surface area is 132 Å². The number of amides is 2. The van der Waals surface area contributed by atoms with E-state index in [1.165, 1.54) is 0 Å². The van der Waals surface area contributed by atoms with Gasteiger partial charge in [-0.15, -0.1) is 0 Å². The standard InChI is InChI=1S/C16H19F3N2O2/c1-2-11-3-5-13(6-4-11)20-14(22)12-7-9-21(10-8-12)15(23)16(17,18)19/h3-6,12H,2,7-10H2,1H3,(H,20,22). The van der Waals surface area contributed by atoms with Gasteiger partial charge in [0.2, 0.25) is 5.91 Å². The smallest absolute Gasteiger partial charge is 0.335 e. The van der Waals surface area contributed by atoms with Crippen LogP contribution in [-0.2, 0) is 16.0 Å². The molecule has 2 amide bonds. The first-order valence-electron chi connectivity index (χ1n) is 7.57. The lowest BCUT2D eigenvalue weighted by molar-refractivity contribution is -0.186. The summed E-state index contributed by atoms with van der Waals surface area (Å²) < 4.78 is 37.1. The average molecular weight is 328 g/mol. The Bertz CT molecular complexity index is 562. The topological polar surface area (TPSA) is 49.4 Å². The zero-order valence-corrected chi connectivity index (χ0v) is 12.8. The summed E-state index contributed by atoms with van der Waals surface area (Å²) in [4.78, 5) is 24.1. The van der Waals surface area contributed by atoms with E-state index in [1.807, 2.05) is 19.1 Å². The van der Waals surface area contributed by atoms with Crippen molar-refractivity contribution >= 4 is 17.5 Å². The van der Waals surface area contributed by atoms with Gasteiger partial charge < -0.3 is 10.2 Å². The monoisotopic (exact) mass is 328 g/mol. The van der Waals surface area contributed by atoms with Crippen molar-refractivity contribution in [2.75, 3.05) is 18.4 Å². The lowest BCUT2D eigenvalue weighted by atomic mass is 9.95. The lowest BCUT2D eigenvalue weighted by Crippen LogP contribution is -2.46. The van der Waals surface area contributed by atoms with Crippen molar-refractivity contribution in [1.82, 2.24) is 4.90 Å². The third kappa shape index (κ3) is 4.46. The molecule has 7 heteroatoms. The average Bonchev–Trinajstić information content (AvgIpc) is 2.54. The Morgan fingerprint density at radius 2 is 1.74 bits per heavy atom. The van der Waals surface area contributed by atoms with E-state index in [2.05, 4.69) is 5.32 Å². The minimum absolute atomic E-state index is 0.0504. The Kier molecular flexibility index (Phi) is 5.28. The molecule has 1 aromatic rings. The zero-order valence-electron chi connectivity index (χ0n) is 12.8. The minimum Gasteiger partial charge on any atom is -0.335 e. The largest absolute Gasteiger partial charge is 0.471 e. The highest BCUT2D eigenvalue weighted by Crippen LogP contribution is 2.24. The van der Waals surface area contributed by atoms with Crippen molar-refractivity contribution in [3.05, 3.63) is 29.8 Å². The van der Waals surface area contributed by atoms with Crippen LogP contribution in [0, 0.1) is 5.92 Å². The Hall–Kier alpha value is -2.05. The molecule has 4 nitrogen and oxygen atoms in total. The number of halogens is 3. The van der Waals surface area contributed by atoms with Crippen LogP contribution in [0.2, 0.25) is 0 Å². The van der Waals surface area contributed by atoms with Crippen molar-refractivity contribution in [2.24, 2.45) is 5.92 Å². The van der Waals surface area contributed by atoms with E-state index in [9.17, 15) is 22.8 Å². The molecule has 2 rings (SSSR count). The van der Waals surface area contributed by atoms with Crippen LogP contribution >= 0.6 is 0 Å². The van der Waals surface area contributed by atoms with E-state index in [0.29, 0.717) is 5.69 Å². The van der Waals surface area contributed by atoms with E-state index < -0.39 is 12.1 Å². The number of nitrogens with one attached hydrogen (secondary N) is 1. The highest BCUT2D eigenvalue weighted by Gasteiger charge is 2.43. The first-order chi connectivity index (χ1) is 10.8. The summed E-state index contributed by atoms with van der Waals surface area (Å²) in [7, 11) is 0. The van der Waals surface area contributed by atoms with Gasteiger partial charge in [-0.05, 0) is 37.0 Å². The van der Waals surface area contributed by atoms with Gasteiger partial charge in [0.15, 0.2) is 0 Å². The van der Waals surface area contributed by atoms with Gasteiger partial charge in [0.1, 0.15) is 0 Å². The Balaban J connectivity index is 1.87. The Morgan fingerprint density at radius 3 is 2.22 bits per heavy atom. The fraction of sp³-hybridized carbons (Fsp3) is 0.500. The molecule has 1 fully saturated rings. The van der Waals surface area contributed by atoms with Crippen LogP contribution in [0.5, 0.6) is 0 Å². The van der Waals surface area contributed by atoms with Crippen molar-refractivity contribution in [3.63, 3.8) is 0 Å². The molecule has 0 spiro atoms. The molecule has 1 aromatic carbocycles. The molecule has 1 aliphatic rings. The van der Waals surface area contributed by atoms with Crippen LogP contribution in [0.3, 0.4) is 0 Å². The van der Waals surface area contributed by atoms with E-state index in [1.54, 1.807) is 12.1 Å². The third-order valence-electron chi connectivity index (χ3n) is 4.03. The number of benzene rings is 1. The summed E-state index contributed by atoms with van der Waals surface area (Å²) in [6.07, 6.45) is -3.47. The number of anilines is 1. The van der Waals surface area contributed by atoms with Crippen LogP contribution < -0.4 is 5.32 Å². The summed E-state index contributed by atoms with van der Waals surface area (Å²) in [6.45, 7) is 1.93. The maximum Gasteiger partial charge on any atom is 0.471 e. The molecule has 0 saturated carbocycles. The second kappa shape index (κ2) is 7.02.